The molecule has 0 fully saturated rings. The maximum atomic E-state index is 11.4. The second-order valence-electron chi connectivity index (χ2n) is 2.96. The van der Waals surface area contributed by atoms with Gasteiger partial charge in [0.1, 0.15) is 11.6 Å². The summed E-state index contributed by atoms with van der Waals surface area (Å²) in [6, 6.07) is 5.18. The van der Waals surface area contributed by atoms with E-state index < -0.39 is 5.56 Å². The number of nitrogens with one attached hydrogen (secondary N) is 1. The lowest BCUT2D eigenvalue weighted by Crippen LogP contribution is -2.14. The van der Waals surface area contributed by atoms with Crippen molar-refractivity contribution in [1.82, 2.24) is 9.97 Å². The summed E-state index contributed by atoms with van der Waals surface area (Å²) >= 11 is 0. The lowest BCUT2D eigenvalue weighted by atomic mass is 10.2. The molecule has 2 heterocycles. The van der Waals surface area contributed by atoms with Crippen molar-refractivity contribution in [2.75, 3.05) is 0 Å². The van der Waals surface area contributed by atoms with Crippen LogP contribution in [-0.2, 0) is 0 Å². The quantitative estimate of drug-likeness (QED) is 0.751. The first-order valence-electron chi connectivity index (χ1n) is 4.27. The Kier molecular flexibility index (Phi) is 2.10. The van der Waals surface area contributed by atoms with Gasteiger partial charge in [-0.3, -0.25) is 4.79 Å². The maximum Gasteiger partial charge on any atom is 0.269 e. The number of nitrogens with zero attached hydrogens (tertiary/aromatic N) is 2. The molecule has 0 spiro atoms. The average Bonchev–Trinajstić information content (AvgIpc) is 2.69. The van der Waals surface area contributed by atoms with E-state index in [1.807, 2.05) is 0 Å². The third-order valence-corrected chi connectivity index (χ3v) is 1.97. The van der Waals surface area contributed by atoms with E-state index in [4.69, 9.17) is 9.68 Å². The minimum atomic E-state index is -0.448. The Balaban J connectivity index is 2.65. The van der Waals surface area contributed by atoms with E-state index >= 15 is 0 Å². The van der Waals surface area contributed by atoms with Crippen LogP contribution < -0.4 is 5.56 Å². The molecule has 0 amide bonds. The van der Waals surface area contributed by atoms with Crippen LogP contribution in [0.5, 0.6) is 0 Å². The van der Waals surface area contributed by atoms with Crippen LogP contribution in [0.2, 0.25) is 0 Å². The molecule has 0 saturated carbocycles. The molecule has 2 aromatic heterocycles. The fourth-order valence-electron chi connectivity index (χ4n) is 1.25. The molecule has 0 bridgehead atoms. The first-order chi connectivity index (χ1) is 7.22. The molecule has 0 atom stereocenters. The fourth-order valence-corrected chi connectivity index (χ4v) is 1.25. The minimum absolute atomic E-state index is 0.0327. The highest BCUT2D eigenvalue weighted by Crippen LogP contribution is 2.14. The van der Waals surface area contributed by atoms with Gasteiger partial charge < -0.3 is 9.40 Å². The Morgan fingerprint density at radius 1 is 1.60 bits per heavy atom. The summed E-state index contributed by atoms with van der Waals surface area (Å²) < 4.78 is 5.09. The zero-order valence-corrected chi connectivity index (χ0v) is 7.94. The van der Waals surface area contributed by atoms with E-state index in [9.17, 15) is 4.79 Å². The van der Waals surface area contributed by atoms with E-state index in [-0.39, 0.29) is 5.56 Å². The van der Waals surface area contributed by atoms with Gasteiger partial charge in [-0.1, -0.05) is 0 Å². The van der Waals surface area contributed by atoms with E-state index in [0.717, 1.165) is 0 Å². The molecule has 2 rings (SSSR count). The van der Waals surface area contributed by atoms with E-state index in [1.165, 1.54) is 6.26 Å². The number of nitriles is 1. The van der Waals surface area contributed by atoms with Crippen molar-refractivity contribution in [3.8, 4) is 17.7 Å². The largest absolute Gasteiger partial charge is 0.461 e. The predicted molar refractivity (Wildman–Crippen MR) is 52.0 cm³/mol. The highest BCUT2D eigenvalue weighted by molar-refractivity contribution is 5.47. The summed E-state index contributed by atoms with van der Waals surface area (Å²) in [6.45, 7) is 1.61. The second-order valence-corrected chi connectivity index (χ2v) is 2.96. The highest BCUT2D eigenvalue weighted by atomic mass is 16.3. The van der Waals surface area contributed by atoms with Crippen LogP contribution in [0, 0.1) is 18.3 Å². The lowest BCUT2D eigenvalue weighted by molar-refractivity contribution is 0.576. The lowest BCUT2D eigenvalue weighted by Gasteiger charge is -1.99. The van der Waals surface area contributed by atoms with Gasteiger partial charge in [0.05, 0.1) is 12.0 Å². The van der Waals surface area contributed by atoms with Crippen LogP contribution in [0.25, 0.3) is 11.6 Å². The van der Waals surface area contributed by atoms with Gasteiger partial charge in [0.2, 0.25) is 0 Å². The zero-order valence-electron chi connectivity index (χ0n) is 7.94. The standard InChI is InChI=1S/C10H7N3O2/c1-6-7(5-11)10(14)13-9(12-6)8-3-2-4-15-8/h2-4H,1H3,(H,12,13,14). The van der Waals surface area contributed by atoms with Gasteiger partial charge in [-0.25, -0.2) is 4.98 Å². The number of furan rings is 1. The third kappa shape index (κ3) is 1.53. The number of hydrogen-bond donors (Lipinski definition) is 1. The van der Waals surface area contributed by atoms with Gasteiger partial charge in [-0.2, -0.15) is 5.26 Å². The summed E-state index contributed by atoms with van der Waals surface area (Å²) in [5.74, 6) is 0.807. The smallest absolute Gasteiger partial charge is 0.269 e. The van der Waals surface area contributed by atoms with Crippen molar-refractivity contribution < 1.29 is 4.42 Å². The Morgan fingerprint density at radius 3 is 2.93 bits per heavy atom. The van der Waals surface area contributed by atoms with Crippen LogP contribution >= 0.6 is 0 Å². The molecule has 0 unspecified atom stereocenters. The summed E-state index contributed by atoms with van der Waals surface area (Å²) in [4.78, 5) is 18.0. The molecule has 5 heteroatoms. The molecule has 1 N–H and O–H groups in total. The topological polar surface area (TPSA) is 82.7 Å². The summed E-state index contributed by atoms with van der Waals surface area (Å²) in [6.07, 6.45) is 1.49. The van der Waals surface area contributed by atoms with Gasteiger partial charge in [-0.05, 0) is 19.1 Å². The van der Waals surface area contributed by atoms with Gasteiger partial charge in [0.15, 0.2) is 11.6 Å². The molecule has 74 valence electrons. The zero-order chi connectivity index (χ0) is 10.8. The van der Waals surface area contributed by atoms with Crippen LogP contribution in [0.15, 0.2) is 27.6 Å². The van der Waals surface area contributed by atoms with Crippen LogP contribution in [-0.4, -0.2) is 9.97 Å². The van der Waals surface area contributed by atoms with Crippen molar-refractivity contribution in [3.63, 3.8) is 0 Å². The summed E-state index contributed by atoms with van der Waals surface area (Å²) in [7, 11) is 0. The molecule has 0 aromatic carbocycles. The van der Waals surface area contributed by atoms with Crippen molar-refractivity contribution in [2.45, 2.75) is 6.92 Å². The number of aryl methyl sites for hydroxylation is 1. The average molecular weight is 201 g/mol. The Labute approximate surface area is 85.0 Å². The molecule has 0 aliphatic heterocycles. The van der Waals surface area contributed by atoms with E-state index in [0.29, 0.717) is 17.3 Å². The number of aromatic amines is 1. The molecule has 0 radical (unpaired) electrons. The Bertz CT molecular complexity index is 576. The third-order valence-electron chi connectivity index (χ3n) is 1.97. The van der Waals surface area contributed by atoms with Gasteiger partial charge in [0.25, 0.3) is 5.56 Å². The van der Waals surface area contributed by atoms with Crippen molar-refractivity contribution in [1.29, 1.82) is 5.26 Å². The molecule has 0 saturated heterocycles. The summed E-state index contributed by atoms with van der Waals surface area (Å²) in [5.41, 5.74) is -0.0191. The monoisotopic (exact) mass is 201 g/mol. The second kappa shape index (κ2) is 3.42. The van der Waals surface area contributed by atoms with Crippen molar-refractivity contribution in [2.24, 2.45) is 0 Å². The number of H-pyrrole nitrogens is 1. The van der Waals surface area contributed by atoms with Crippen LogP contribution in [0.1, 0.15) is 11.3 Å². The minimum Gasteiger partial charge on any atom is -0.461 e. The van der Waals surface area contributed by atoms with Crippen LogP contribution in [0.4, 0.5) is 0 Å². The van der Waals surface area contributed by atoms with E-state index in [1.54, 1.807) is 25.1 Å². The SMILES string of the molecule is Cc1nc(-c2ccco2)[nH]c(=O)c1C#N. The predicted octanol–water partition coefficient (Wildman–Crippen LogP) is 1.21. The molecule has 15 heavy (non-hydrogen) atoms. The van der Waals surface area contributed by atoms with Gasteiger partial charge >= 0.3 is 0 Å². The first kappa shape index (κ1) is 9.21. The van der Waals surface area contributed by atoms with E-state index in [2.05, 4.69) is 9.97 Å². The van der Waals surface area contributed by atoms with Gasteiger partial charge in [-0.15, -0.1) is 0 Å². The fraction of sp³-hybridized carbons (Fsp3) is 0.100. The first-order valence-corrected chi connectivity index (χ1v) is 4.27. The number of hydrogen-bond acceptors (Lipinski definition) is 4. The molecule has 0 aliphatic rings. The number of rotatable bonds is 1. The highest BCUT2D eigenvalue weighted by Gasteiger charge is 2.09. The van der Waals surface area contributed by atoms with Crippen LogP contribution in [0.3, 0.4) is 0 Å². The number of aromatic nitrogens is 2. The van der Waals surface area contributed by atoms with Gasteiger partial charge in [0, 0.05) is 0 Å². The molecular formula is C10H7N3O2. The molecular weight excluding hydrogens is 194 g/mol. The normalized spacial score (nSPS) is 9.87. The molecule has 2 aromatic rings. The van der Waals surface area contributed by atoms with Crippen molar-refractivity contribution in [3.05, 3.63) is 40.0 Å². The summed E-state index contributed by atoms with van der Waals surface area (Å²) in [5, 5.41) is 8.69. The van der Waals surface area contributed by atoms with Crippen molar-refractivity contribution >= 4 is 0 Å². The molecule has 5 nitrogen and oxygen atoms in total. The maximum absolute atomic E-state index is 11.4. The molecule has 0 aliphatic carbocycles. The Hall–Kier alpha value is -2.35. The Morgan fingerprint density at radius 2 is 2.40 bits per heavy atom.